The van der Waals surface area contributed by atoms with Crippen LogP contribution in [0.25, 0.3) is 0 Å². The lowest BCUT2D eigenvalue weighted by Gasteiger charge is -2.28. The Hall–Kier alpha value is -3.52. The minimum Gasteiger partial charge on any atom is -0.493 e. The maximum absolute atomic E-state index is 14.1. The first-order valence-corrected chi connectivity index (χ1v) is 14.6. The highest BCUT2D eigenvalue weighted by atomic mass is 32.2. The maximum atomic E-state index is 14.1. The molecular weight excluding hydrogens is 578 g/mol. The van der Waals surface area contributed by atoms with Gasteiger partial charge >= 0.3 is 6.18 Å². The molecule has 0 fully saturated rings. The lowest BCUT2D eigenvalue weighted by Crippen LogP contribution is -2.36. The van der Waals surface area contributed by atoms with Crippen molar-refractivity contribution in [2.75, 3.05) is 26.9 Å². The first-order valence-electron chi connectivity index (χ1n) is 13.2. The number of halogens is 4. The number of alkyl halides is 3. The van der Waals surface area contributed by atoms with E-state index in [9.17, 15) is 30.8 Å². The first kappa shape index (κ1) is 31.4. The van der Waals surface area contributed by atoms with Crippen molar-refractivity contribution in [3.63, 3.8) is 0 Å². The molecule has 3 aromatic rings. The lowest BCUT2D eigenvalue weighted by molar-refractivity contribution is -0.137. The monoisotopic (exact) mass is 609 g/mol. The zero-order chi connectivity index (χ0) is 30.3. The molecule has 0 saturated heterocycles. The summed E-state index contributed by atoms with van der Waals surface area (Å²) in [5.41, 5.74) is 0.727. The molecule has 226 valence electrons. The van der Waals surface area contributed by atoms with E-state index in [1.807, 2.05) is 18.2 Å². The number of carbonyl (C=O) groups excluding carboxylic acids is 1. The Morgan fingerprint density at radius 2 is 1.88 bits per heavy atom. The van der Waals surface area contributed by atoms with Crippen molar-refractivity contribution >= 4 is 15.9 Å². The molecule has 0 bridgehead atoms. The molecule has 0 spiro atoms. The number of nitrogens with one attached hydrogen (secondary N) is 3. The van der Waals surface area contributed by atoms with Crippen LogP contribution in [0.3, 0.4) is 0 Å². The SMILES string of the molecule is COCCNCc1ccc2c(c1)OCCC2NC(=O)CC(NS(=O)(=O)c1cccc(C(F)(F)F)c1)c1cccc(F)c1. The minimum atomic E-state index is -4.76. The van der Waals surface area contributed by atoms with Gasteiger partial charge in [0.05, 0.1) is 35.8 Å². The number of hydrogen-bond donors (Lipinski definition) is 3. The fourth-order valence-corrected chi connectivity index (χ4v) is 5.86. The number of fused-ring (bicyclic) bond motifs is 1. The van der Waals surface area contributed by atoms with Crippen molar-refractivity contribution in [2.45, 2.75) is 42.5 Å². The normalized spacial score (nSPS) is 15.9. The van der Waals surface area contributed by atoms with Crippen LogP contribution in [0.2, 0.25) is 0 Å². The predicted molar refractivity (Wildman–Crippen MR) is 147 cm³/mol. The summed E-state index contributed by atoms with van der Waals surface area (Å²) in [5.74, 6) is -0.592. The van der Waals surface area contributed by atoms with Crippen LogP contribution in [0.5, 0.6) is 5.75 Å². The Bertz CT molecular complexity index is 1500. The fraction of sp³-hybridized carbons (Fsp3) is 0.345. The van der Waals surface area contributed by atoms with Gasteiger partial charge in [-0.25, -0.2) is 17.5 Å². The molecule has 0 radical (unpaired) electrons. The number of carbonyl (C=O) groups is 1. The molecule has 0 saturated carbocycles. The Balaban J connectivity index is 1.51. The summed E-state index contributed by atoms with van der Waals surface area (Å²) < 4.78 is 93.1. The van der Waals surface area contributed by atoms with E-state index in [2.05, 4.69) is 15.4 Å². The van der Waals surface area contributed by atoms with E-state index in [0.717, 1.165) is 41.5 Å². The second-order valence-electron chi connectivity index (χ2n) is 9.76. The molecule has 1 amide bonds. The van der Waals surface area contributed by atoms with Crippen LogP contribution in [-0.4, -0.2) is 41.2 Å². The van der Waals surface area contributed by atoms with Gasteiger partial charge in [0.15, 0.2) is 0 Å². The molecular formula is C29H31F4N3O5S. The molecule has 0 aromatic heterocycles. The van der Waals surface area contributed by atoms with Crippen LogP contribution in [0, 0.1) is 5.82 Å². The van der Waals surface area contributed by atoms with E-state index in [1.54, 1.807) is 7.11 Å². The molecule has 3 N–H and O–H groups in total. The second-order valence-corrected chi connectivity index (χ2v) is 11.5. The van der Waals surface area contributed by atoms with Crippen LogP contribution < -0.4 is 20.1 Å². The van der Waals surface area contributed by atoms with E-state index in [-0.39, 0.29) is 5.56 Å². The van der Waals surface area contributed by atoms with E-state index < -0.39 is 56.9 Å². The molecule has 8 nitrogen and oxygen atoms in total. The van der Waals surface area contributed by atoms with Gasteiger partial charge in [-0.15, -0.1) is 0 Å². The number of benzene rings is 3. The van der Waals surface area contributed by atoms with Crippen LogP contribution in [0.15, 0.2) is 71.6 Å². The van der Waals surface area contributed by atoms with Crippen molar-refractivity contribution in [1.29, 1.82) is 0 Å². The molecule has 2 unspecified atom stereocenters. The molecule has 0 aliphatic carbocycles. The van der Waals surface area contributed by atoms with Crippen LogP contribution in [-0.2, 0) is 32.3 Å². The number of sulfonamides is 1. The summed E-state index contributed by atoms with van der Waals surface area (Å²) in [6, 6.07) is 12.2. The third-order valence-electron chi connectivity index (χ3n) is 6.67. The molecule has 3 aromatic carbocycles. The molecule has 42 heavy (non-hydrogen) atoms. The topological polar surface area (TPSA) is 106 Å². The number of methoxy groups -OCH3 is 1. The van der Waals surface area contributed by atoms with Crippen LogP contribution >= 0.6 is 0 Å². The smallest absolute Gasteiger partial charge is 0.416 e. The Morgan fingerprint density at radius 3 is 2.62 bits per heavy atom. The van der Waals surface area contributed by atoms with E-state index >= 15 is 0 Å². The summed E-state index contributed by atoms with van der Waals surface area (Å²) in [6.45, 7) is 2.19. The summed E-state index contributed by atoms with van der Waals surface area (Å²) in [5, 5.41) is 6.14. The largest absolute Gasteiger partial charge is 0.493 e. The standard InChI is InChI=1S/C29H31F4N3O5S/c1-40-13-11-34-18-19-8-9-24-25(10-12-41-27(24)14-19)35-28(37)17-26(20-4-2-6-22(30)15-20)36-42(38,39)23-7-3-5-21(16-23)29(31,32)33/h2-9,14-16,25-26,34,36H,10-13,17-18H2,1H3,(H,35,37). The van der Waals surface area contributed by atoms with Gasteiger partial charge in [0.2, 0.25) is 15.9 Å². The van der Waals surface area contributed by atoms with Gasteiger partial charge in [-0.1, -0.05) is 30.3 Å². The van der Waals surface area contributed by atoms with E-state index in [4.69, 9.17) is 9.47 Å². The van der Waals surface area contributed by atoms with Crippen molar-refractivity contribution in [3.8, 4) is 5.75 Å². The highest BCUT2D eigenvalue weighted by molar-refractivity contribution is 7.89. The van der Waals surface area contributed by atoms with Gasteiger partial charge in [-0.2, -0.15) is 13.2 Å². The zero-order valence-corrected chi connectivity index (χ0v) is 23.5. The number of hydrogen-bond acceptors (Lipinski definition) is 6. The predicted octanol–water partition coefficient (Wildman–Crippen LogP) is 4.63. The Labute approximate surface area is 241 Å². The molecule has 1 aliphatic heterocycles. The average Bonchev–Trinajstić information content (AvgIpc) is 2.94. The van der Waals surface area contributed by atoms with E-state index in [1.165, 1.54) is 12.1 Å². The quantitative estimate of drug-likeness (QED) is 0.204. The number of rotatable bonds is 12. The summed E-state index contributed by atoms with van der Waals surface area (Å²) >= 11 is 0. The third-order valence-corrected chi connectivity index (χ3v) is 8.14. The number of ether oxygens (including phenoxy) is 2. The average molecular weight is 610 g/mol. The minimum absolute atomic E-state index is 0.138. The van der Waals surface area contributed by atoms with Crippen LogP contribution in [0.1, 0.15) is 47.2 Å². The van der Waals surface area contributed by atoms with Gasteiger partial charge < -0.3 is 20.1 Å². The van der Waals surface area contributed by atoms with Crippen molar-refractivity contribution in [1.82, 2.24) is 15.4 Å². The van der Waals surface area contributed by atoms with Gasteiger partial charge in [-0.05, 0) is 47.5 Å². The second kappa shape index (κ2) is 13.6. The van der Waals surface area contributed by atoms with Crippen LogP contribution in [0.4, 0.5) is 17.6 Å². The van der Waals surface area contributed by atoms with E-state index in [0.29, 0.717) is 44.5 Å². The molecule has 2 atom stereocenters. The summed E-state index contributed by atoms with van der Waals surface area (Å²) in [6.07, 6.45) is -4.73. The van der Waals surface area contributed by atoms with Crippen molar-refractivity contribution in [3.05, 3.63) is 94.8 Å². The zero-order valence-electron chi connectivity index (χ0n) is 22.7. The fourth-order valence-electron chi connectivity index (χ4n) is 4.59. The van der Waals surface area contributed by atoms with Gasteiger partial charge in [0.25, 0.3) is 0 Å². The molecule has 1 aliphatic rings. The van der Waals surface area contributed by atoms with Gasteiger partial charge in [0, 0.05) is 38.6 Å². The van der Waals surface area contributed by atoms with Crippen molar-refractivity contribution in [2.24, 2.45) is 0 Å². The highest BCUT2D eigenvalue weighted by Crippen LogP contribution is 2.34. The summed E-state index contributed by atoms with van der Waals surface area (Å²) in [7, 11) is -2.91. The number of amides is 1. The maximum Gasteiger partial charge on any atom is 0.416 e. The first-order chi connectivity index (χ1) is 20.0. The highest BCUT2D eigenvalue weighted by Gasteiger charge is 2.33. The molecule has 13 heteroatoms. The lowest BCUT2D eigenvalue weighted by atomic mass is 9.98. The third kappa shape index (κ3) is 8.28. The van der Waals surface area contributed by atoms with Gasteiger partial charge in [-0.3, -0.25) is 4.79 Å². The summed E-state index contributed by atoms with van der Waals surface area (Å²) in [4.78, 5) is 12.6. The molecule has 1 heterocycles. The van der Waals surface area contributed by atoms with Crippen molar-refractivity contribution < 1.29 is 40.2 Å². The van der Waals surface area contributed by atoms with Gasteiger partial charge in [0.1, 0.15) is 11.6 Å². The Morgan fingerprint density at radius 1 is 1.10 bits per heavy atom. The molecule has 4 rings (SSSR count). The Kier molecular flexibility index (Phi) is 10.2.